The zero-order valence-electron chi connectivity index (χ0n) is 28.9. The van der Waals surface area contributed by atoms with E-state index in [4.69, 9.17) is 5.11 Å². The monoisotopic (exact) mass is 650 g/mol. The molecular weight excluding hydrogens is 588 g/mol. The minimum atomic E-state index is -1.13. The topological polar surface area (TPSA) is 158 Å². The molecular formula is C36H62N2O8. The highest BCUT2D eigenvalue weighted by molar-refractivity contribution is 6.03. The molecule has 1 heterocycles. The van der Waals surface area contributed by atoms with Crippen LogP contribution in [-0.2, 0) is 28.8 Å². The van der Waals surface area contributed by atoms with E-state index in [2.05, 4.69) is 5.32 Å². The van der Waals surface area contributed by atoms with Gasteiger partial charge in [-0.2, -0.15) is 0 Å². The number of aliphatic carboxylic acids is 2. The number of Topliss-reactive ketones (excluding diaryl/α,β-unsaturated/α-hetero) is 1. The molecule has 264 valence electrons. The fourth-order valence-electron chi connectivity index (χ4n) is 6.00. The molecule has 1 rings (SSSR count). The van der Waals surface area contributed by atoms with Gasteiger partial charge in [0.25, 0.3) is 0 Å². The highest BCUT2D eigenvalue weighted by Gasteiger charge is 2.44. The van der Waals surface area contributed by atoms with Gasteiger partial charge in [0.05, 0.1) is 5.92 Å². The first-order valence-corrected chi connectivity index (χ1v) is 17.9. The fourth-order valence-corrected chi connectivity index (χ4v) is 6.00. The van der Waals surface area contributed by atoms with Crippen LogP contribution in [0.3, 0.4) is 0 Å². The van der Waals surface area contributed by atoms with E-state index in [9.17, 15) is 33.9 Å². The molecule has 2 unspecified atom stereocenters. The Morgan fingerprint density at radius 1 is 0.696 bits per heavy atom. The molecule has 0 radical (unpaired) electrons. The van der Waals surface area contributed by atoms with E-state index in [1.165, 1.54) is 49.8 Å². The maximum atomic E-state index is 12.6. The molecule has 0 aliphatic carbocycles. The maximum absolute atomic E-state index is 12.6. The van der Waals surface area contributed by atoms with Gasteiger partial charge in [-0.15, -0.1) is 0 Å². The molecule has 1 aliphatic rings. The second-order valence-electron chi connectivity index (χ2n) is 14.2. The predicted molar refractivity (Wildman–Crippen MR) is 178 cm³/mol. The van der Waals surface area contributed by atoms with Crippen LogP contribution in [0.15, 0.2) is 0 Å². The average molecular weight is 651 g/mol. The normalized spacial score (nSPS) is 15.7. The van der Waals surface area contributed by atoms with Crippen LogP contribution in [0.2, 0.25) is 0 Å². The van der Waals surface area contributed by atoms with Crippen molar-refractivity contribution in [2.75, 3.05) is 6.54 Å². The van der Waals surface area contributed by atoms with Gasteiger partial charge in [0.1, 0.15) is 11.8 Å². The lowest BCUT2D eigenvalue weighted by Crippen LogP contribution is -2.41. The number of hydrogen-bond acceptors (Lipinski definition) is 6. The van der Waals surface area contributed by atoms with Gasteiger partial charge in [-0.25, -0.2) is 4.79 Å². The van der Waals surface area contributed by atoms with Crippen molar-refractivity contribution in [3.8, 4) is 0 Å². The van der Waals surface area contributed by atoms with Crippen molar-refractivity contribution >= 4 is 35.4 Å². The lowest BCUT2D eigenvalue weighted by molar-refractivity contribution is -0.142. The van der Waals surface area contributed by atoms with Gasteiger partial charge in [0.15, 0.2) is 0 Å². The number of ketones is 1. The highest BCUT2D eigenvalue weighted by Crippen LogP contribution is 2.35. The van der Waals surface area contributed by atoms with Crippen molar-refractivity contribution in [1.29, 1.82) is 0 Å². The van der Waals surface area contributed by atoms with E-state index in [0.29, 0.717) is 32.2 Å². The van der Waals surface area contributed by atoms with E-state index in [0.717, 1.165) is 44.9 Å². The smallest absolute Gasteiger partial charge is 0.326 e. The van der Waals surface area contributed by atoms with Gasteiger partial charge >= 0.3 is 11.9 Å². The van der Waals surface area contributed by atoms with Crippen LogP contribution in [0, 0.1) is 11.3 Å². The number of carboxylic acids is 2. The van der Waals surface area contributed by atoms with Gasteiger partial charge < -0.3 is 15.5 Å². The summed E-state index contributed by atoms with van der Waals surface area (Å²) in [6.07, 6.45) is 18.5. The second kappa shape index (κ2) is 23.5. The Labute approximate surface area is 276 Å². The molecule has 46 heavy (non-hydrogen) atoms. The summed E-state index contributed by atoms with van der Waals surface area (Å²) in [4.78, 5) is 72.9. The summed E-state index contributed by atoms with van der Waals surface area (Å²) in [5, 5.41) is 20.7. The van der Waals surface area contributed by atoms with E-state index >= 15 is 0 Å². The van der Waals surface area contributed by atoms with Crippen molar-refractivity contribution in [2.45, 2.75) is 174 Å². The number of nitrogens with one attached hydrogen (secondary N) is 1. The predicted octanol–water partition coefficient (Wildman–Crippen LogP) is 7.21. The summed E-state index contributed by atoms with van der Waals surface area (Å²) in [7, 11) is 0. The van der Waals surface area contributed by atoms with Crippen LogP contribution in [0.5, 0.6) is 0 Å². The number of amides is 3. The van der Waals surface area contributed by atoms with Gasteiger partial charge in [-0.1, -0.05) is 104 Å². The van der Waals surface area contributed by atoms with E-state index in [1.54, 1.807) is 0 Å². The number of rotatable bonds is 28. The van der Waals surface area contributed by atoms with Crippen LogP contribution in [0.25, 0.3) is 0 Å². The molecule has 3 N–H and O–H groups in total. The number of likely N-dealkylation sites (tertiary alicyclic amines) is 1. The molecule has 10 heteroatoms. The Morgan fingerprint density at radius 2 is 1.15 bits per heavy atom. The van der Waals surface area contributed by atoms with E-state index in [1.807, 2.05) is 20.8 Å². The summed E-state index contributed by atoms with van der Waals surface area (Å²) in [6, 6.07) is -1.07. The summed E-state index contributed by atoms with van der Waals surface area (Å²) in [5.74, 6) is -2.70. The van der Waals surface area contributed by atoms with Crippen LogP contribution in [0.4, 0.5) is 0 Å². The van der Waals surface area contributed by atoms with Crippen LogP contribution < -0.4 is 5.32 Å². The number of carbonyl (C=O) groups is 6. The van der Waals surface area contributed by atoms with Crippen molar-refractivity contribution < 1.29 is 39.0 Å². The van der Waals surface area contributed by atoms with Gasteiger partial charge in [0.2, 0.25) is 17.7 Å². The molecule has 10 nitrogen and oxygen atoms in total. The van der Waals surface area contributed by atoms with Crippen LogP contribution in [0.1, 0.15) is 168 Å². The van der Waals surface area contributed by atoms with E-state index < -0.39 is 18.0 Å². The number of hydrogen-bond donors (Lipinski definition) is 3. The molecule has 0 aromatic rings. The number of imide groups is 1. The lowest BCUT2D eigenvalue weighted by Gasteiger charge is -2.24. The minimum Gasteiger partial charge on any atom is -0.481 e. The van der Waals surface area contributed by atoms with Crippen LogP contribution >= 0.6 is 0 Å². The Morgan fingerprint density at radius 3 is 1.61 bits per heavy atom. The molecule has 1 aliphatic heterocycles. The van der Waals surface area contributed by atoms with Crippen molar-refractivity contribution in [2.24, 2.45) is 11.3 Å². The van der Waals surface area contributed by atoms with Crippen molar-refractivity contribution in [1.82, 2.24) is 10.2 Å². The molecule has 3 amide bonds. The summed E-state index contributed by atoms with van der Waals surface area (Å²) in [5.41, 5.74) is -0.252. The second-order valence-corrected chi connectivity index (χ2v) is 14.2. The first-order valence-electron chi connectivity index (χ1n) is 17.9. The quantitative estimate of drug-likeness (QED) is 0.0592. The fraction of sp³-hybridized carbons (Fsp3) is 0.833. The zero-order chi connectivity index (χ0) is 34.4. The number of nitrogens with zero attached hydrogens (tertiary/aromatic N) is 1. The third kappa shape index (κ3) is 19.0. The van der Waals surface area contributed by atoms with Crippen molar-refractivity contribution in [3.63, 3.8) is 0 Å². The Kier molecular flexibility index (Phi) is 21.1. The largest absolute Gasteiger partial charge is 0.481 e. The molecule has 0 spiro atoms. The average Bonchev–Trinajstić information content (AvgIpc) is 3.27. The molecule has 1 saturated heterocycles. The summed E-state index contributed by atoms with van der Waals surface area (Å²) >= 11 is 0. The highest BCUT2D eigenvalue weighted by atomic mass is 16.4. The maximum Gasteiger partial charge on any atom is 0.326 e. The third-order valence-corrected chi connectivity index (χ3v) is 9.02. The van der Waals surface area contributed by atoms with Crippen molar-refractivity contribution in [3.05, 3.63) is 0 Å². The SMILES string of the molecule is CC(C)(C)C1CC(=O)N(CCCCCC(=O)CCC(NC(=O)CCCCCCCCCCCCCCCCC(=O)O)C(=O)O)C1=O. The zero-order valence-corrected chi connectivity index (χ0v) is 28.9. The van der Waals surface area contributed by atoms with Gasteiger partial charge in [-0.05, 0) is 37.5 Å². The molecule has 0 aromatic heterocycles. The molecule has 0 aromatic carbocycles. The Balaban J connectivity index is 2.04. The first-order chi connectivity index (χ1) is 21.8. The van der Waals surface area contributed by atoms with Gasteiger partial charge in [0, 0.05) is 38.6 Å². The third-order valence-electron chi connectivity index (χ3n) is 9.02. The Bertz CT molecular complexity index is 958. The summed E-state index contributed by atoms with van der Waals surface area (Å²) in [6.45, 7) is 6.26. The lowest BCUT2D eigenvalue weighted by atomic mass is 9.80. The van der Waals surface area contributed by atoms with Crippen LogP contribution in [-0.4, -0.2) is 63.1 Å². The number of unbranched alkanes of at least 4 members (excludes halogenated alkanes) is 15. The van der Waals surface area contributed by atoms with E-state index in [-0.39, 0.29) is 66.9 Å². The molecule has 0 saturated carbocycles. The standard InChI is InChI=1S/C36H62N2O8/c1-36(2,3)29-27-32(41)38(34(29)44)26-20-16-17-21-28(39)24-25-30(35(45)46)37-31(40)22-18-14-12-10-8-6-4-5-7-9-11-13-15-19-23-33(42)43/h29-30H,4-27H2,1-3H3,(H,37,40)(H,42,43)(H,45,46). The molecule has 1 fully saturated rings. The first kappa shape index (κ1) is 41.2. The molecule has 2 atom stereocenters. The number of carboxylic acid groups (broad SMARTS) is 2. The number of carbonyl (C=O) groups excluding carboxylic acids is 4. The van der Waals surface area contributed by atoms with Gasteiger partial charge in [-0.3, -0.25) is 28.9 Å². The minimum absolute atomic E-state index is 0.0495. The molecule has 0 bridgehead atoms. The summed E-state index contributed by atoms with van der Waals surface area (Å²) < 4.78 is 0. The Hall–Kier alpha value is -2.78.